The molecule has 0 saturated carbocycles. The Morgan fingerprint density at radius 1 is 1.14 bits per heavy atom. The molecule has 1 N–H and O–H groups in total. The maximum atomic E-state index is 12.8. The van der Waals surface area contributed by atoms with Crippen molar-refractivity contribution in [1.82, 2.24) is 4.90 Å². The van der Waals surface area contributed by atoms with Crippen molar-refractivity contribution in [3.63, 3.8) is 0 Å². The Hall–Kier alpha value is -1.80. The van der Waals surface area contributed by atoms with Gasteiger partial charge < -0.3 is 9.64 Å². The van der Waals surface area contributed by atoms with Gasteiger partial charge in [0.2, 0.25) is 0 Å². The van der Waals surface area contributed by atoms with Crippen LogP contribution in [0.15, 0.2) is 47.4 Å². The molecule has 0 radical (unpaired) electrons. The number of halogens is 2. The molecular formula is C19H20Cl2N2O4S. The van der Waals surface area contributed by atoms with E-state index >= 15 is 0 Å². The zero-order valence-corrected chi connectivity index (χ0v) is 17.5. The van der Waals surface area contributed by atoms with Crippen molar-refractivity contribution in [2.45, 2.75) is 23.8 Å². The van der Waals surface area contributed by atoms with Gasteiger partial charge in [0.05, 0.1) is 11.1 Å². The van der Waals surface area contributed by atoms with E-state index in [1.165, 1.54) is 24.3 Å². The Bertz CT molecular complexity index is 974. The first kappa shape index (κ1) is 20.9. The van der Waals surface area contributed by atoms with Gasteiger partial charge in [-0.1, -0.05) is 29.3 Å². The Morgan fingerprint density at radius 3 is 2.54 bits per heavy atom. The van der Waals surface area contributed by atoms with Crippen LogP contribution in [-0.2, 0) is 14.8 Å². The van der Waals surface area contributed by atoms with Crippen LogP contribution in [0.3, 0.4) is 0 Å². The highest BCUT2D eigenvalue weighted by molar-refractivity contribution is 7.92. The molecule has 1 amide bonds. The second-order valence-electron chi connectivity index (χ2n) is 6.49. The summed E-state index contributed by atoms with van der Waals surface area (Å²) in [5.74, 6) is -0.142. The highest BCUT2D eigenvalue weighted by atomic mass is 35.5. The highest BCUT2D eigenvalue weighted by Gasteiger charge is 2.24. The Morgan fingerprint density at radius 2 is 1.86 bits per heavy atom. The summed E-state index contributed by atoms with van der Waals surface area (Å²) in [6.45, 7) is 1.21. The van der Waals surface area contributed by atoms with Crippen LogP contribution in [0.5, 0.6) is 0 Å². The van der Waals surface area contributed by atoms with Gasteiger partial charge in [-0.05, 0) is 49.2 Å². The molecule has 6 nitrogen and oxygen atoms in total. The number of benzene rings is 2. The molecule has 0 aliphatic carbocycles. The van der Waals surface area contributed by atoms with Crippen molar-refractivity contribution in [2.75, 3.05) is 24.9 Å². The molecule has 2 aromatic rings. The fraction of sp³-hybridized carbons (Fsp3) is 0.316. The Balaban J connectivity index is 1.78. The predicted molar refractivity (Wildman–Crippen MR) is 110 cm³/mol. The summed E-state index contributed by atoms with van der Waals surface area (Å²) in [7, 11) is -2.28. The quantitative estimate of drug-likeness (QED) is 0.757. The van der Waals surface area contributed by atoms with E-state index in [0.29, 0.717) is 18.7 Å². The second kappa shape index (κ2) is 8.69. The van der Waals surface area contributed by atoms with E-state index in [9.17, 15) is 13.2 Å². The summed E-state index contributed by atoms with van der Waals surface area (Å²) in [6.07, 6.45) is 1.73. The molecule has 28 heavy (non-hydrogen) atoms. The van der Waals surface area contributed by atoms with Crippen molar-refractivity contribution in [3.8, 4) is 0 Å². The standard InChI is InChI=1S/C19H20Cl2N2O4S/c1-27-16-7-9-23(10-8-16)19(24)13-3-2-4-15(11-13)22-28(25,26)18-12-14(20)5-6-17(18)21/h2-6,11-12,16,22H,7-10H2,1H3. The maximum absolute atomic E-state index is 12.8. The number of nitrogens with zero attached hydrogens (tertiary/aromatic N) is 1. The van der Waals surface area contributed by atoms with Gasteiger partial charge in [0.15, 0.2) is 0 Å². The molecule has 1 aliphatic heterocycles. The van der Waals surface area contributed by atoms with Crippen molar-refractivity contribution in [3.05, 3.63) is 58.1 Å². The first-order valence-electron chi connectivity index (χ1n) is 8.70. The number of carbonyl (C=O) groups is 1. The van der Waals surface area contributed by atoms with Gasteiger partial charge in [0.25, 0.3) is 15.9 Å². The number of anilines is 1. The van der Waals surface area contributed by atoms with Crippen LogP contribution in [0.25, 0.3) is 0 Å². The highest BCUT2D eigenvalue weighted by Crippen LogP contribution is 2.27. The maximum Gasteiger partial charge on any atom is 0.263 e. The van der Waals surface area contributed by atoms with Gasteiger partial charge in [-0.15, -0.1) is 0 Å². The average molecular weight is 443 g/mol. The van der Waals surface area contributed by atoms with Crippen LogP contribution in [0.2, 0.25) is 10.0 Å². The lowest BCUT2D eigenvalue weighted by Gasteiger charge is -2.31. The summed E-state index contributed by atoms with van der Waals surface area (Å²) in [6, 6.07) is 10.6. The van der Waals surface area contributed by atoms with Gasteiger partial charge in [-0.25, -0.2) is 8.42 Å². The molecule has 2 aromatic carbocycles. The van der Waals surface area contributed by atoms with Crippen LogP contribution in [0.4, 0.5) is 5.69 Å². The van der Waals surface area contributed by atoms with Crippen LogP contribution in [-0.4, -0.2) is 45.5 Å². The molecule has 1 aliphatic rings. The van der Waals surface area contributed by atoms with E-state index in [1.807, 2.05) is 0 Å². The topological polar surface area (TPSA) is 75.7 Å². The van der Waals surface area contributed by atoms with Gasteiger partial charge in [-0.3, -0.25) is 9.52 Å². The summed E-state index contributed by atoms with van der Waals surface area (Å²) in [5.41, 5.74) is 0.682. The zero-order valence-electron chi connectivity index (χ0n) is 15.2. The second-order valence-corrected chi connectivity index (χ2v) is 8.98. The third kappa shape index (κ3) is 4.78. The van der Waals surface area contributed by atoms with Crippen molar-refractivity contribution in [1.29, 1.82) is 0 Å². The van der Waals surface area contributed by atoms with E-state index in [0.717, 1.165) is 12.8 Å². The first-order chi connectivity index (χ1) is 13.3. The van der Waals surface area contributed by atoms with E-state index in [1.54, 1.807) is 30.2 Å². The molecular weight excluding hydrogens is 423 g/mol. The average Bonchev–Trinajstić information content (AvgIpc) is 2.69. The van der Waals surface area contributed by atoms with Gasteiger partial charge in [0.1, 0.15) is 4.90 Å². The van der Waals surface area contributed by atoms with Crippen molar-refractivity contribution in [2.24, 2.45) is 0 Å². The van der Waals surface area contributed by atoms with E-state index < -0.39 is 10.0 Å². The first-order valence-corrected chi connectivity index (χ1v) is 10.9. The van der Waals surface area contributed by atoms with Gasteiger partial charge in [0, 0.05) is 36.5 Å². The lowest BCUT2D eigenvalue weighted by molar-refractivity contribution is 0.0351. The third-order valence-electron chi connectivity index (χ3n) is 4.61. The molecule has 0 atom stereocenters. The normalized spacial score (nSPS) is 15.5. The zero-order chi connectivity index (χ0) is 20.3. The number of nitrogens with one attached hydrogen (secondary N) is 1. The predicted octanol–water partition coefficient (Wildman–Crippen LogP) is 4.05. The monoisotopic (exact) mass is 442 g/mol. The number of piperidine rings is 1. The minimum Gasteiger partial charge on any atom is -0.381 e. The molecule has 1 heterocycles. The Labute approximate surface area is 174 Å². The van der Waals surface area contributed by atoms with Crippen LogP contribution >= 0.6 is 23.2 Å². The summed E-state index contributed by atoms with van der Waals surface area (Å²) in [5, 5.41) is 0.318. The molecule has 9 heteroatoms. The lowest BCUT2D eigenvalue weighted by Crippen LogP contribution is -2.40. The molecule has 3 rings (SSSR count). The number of methoxy groups -OCH3 is 1. The van der Waals surface area contributed by atoms with Crippen LogP contribution in [0.1, 0.15) is 23.2 Å². The number of rotatable bonds is 5. The SMILES string of the molecule is COC1CCN(C(=O)c2cccc(NS(=O)(=O)c3cc(Cl)ccc3Cl)c2)CC1. The minimum atomic E-state index is -3.95. The molecule has 0 spiro atoms. The van der Waals surface area contributed by atoms with Gasteiger partial charge in [-0.2, -0.15) is 0 Å². The molecule has 0 aromatic heterocycles. The fourth-order valence-electron chi connectivity index (χ4n) is 3.09. The molecule has 150 valence electrons. The Kier molecular flexibility index (Phi) is 6.50. The molecule has 0 unspecified atom stereocenters. The smallest absolute Gasteiger partial charge is 0.263 e. The lowest BCUT2D eigenvalue weighted by atomic mass is 10.1. The van der Waals surface area contributed by atoms with Crippen LogP contribution < -0.4 is 4.72 Å². The molecule has 1 saturated heterocycles. The molecule has 1 fully saturated rings. The van der Waals surface area contributed by atoms with Crippen molar-refractivity contribution < 1.29 is 17.9 Å². The van der Waals surface area contributed by atoms with Crippen LogP contribution in [0, 0.1) is 0 Å². The van der Waals surface area contributed by atoms with E-state index in [2.05, 4.69) is 4.72 Å². The summed E-state index contributed by atoms with van der Waals surface area (Å²) in [4.78, 5) is 14.4. The number of ether oxygens (including phenoxy) is 1. The largest absolute Gasteiger partial charge is 0.381 e. The summed E-state index contributed by atoms with van der Waals surface area (Å²) >= 11 is 11.9. The van der Waals surface area contributed by atoms with E-state index in [4.69, 9.17) is 27.9 Å². The number of hydrogen-bond donors (Lipinski definition) is 1. The number of carbonyl (C=O) groups excluding carboxylic acids is 1. The third-order valence-corrected chi connectivity index (χ3v) is 6.70. The fourth-order valence-corrected chi connectivity index (χ4v) is 4.90. The van der Waals surface area contributed by atoms with Gasteiger partial charge >= 0.3 is 0 Å². The van der Waals surface area contributed by atoms with Crippen molar-refractivity contribution >= 4 is 44.8 Å². The molecule has 0 bridgehead atoms. The number of likely N-dealkylation sites (tertiary alicyclic amines) is 1. The number of hydrogen-bond acceptors (Lipinski definition) is 4. The minimum absolute atomic E-state index is 0.0603. The number of amides is 1. The van der Waals surface area contributed by atoms with E-state index in [-0.39, 0.29) is 32.6 Å². The summed E-state index contributed by atoms with van der Waals surface area (Å²) < 4.78 is 33.1. The number of sulfonamides is 1.